The minimum Gasteiger partial charge on any atom is -0.370 e. The average Bonchev–Trinajstić information content (AvgIpc) is 1.74. The molecule has 2 aliphatic heterocycles. The highest BCUT2D eigenvalue weighted by molar-refractivity contribution is 7.98. The molecule has 2 saturated heterocycles. The molecule has 0 saturated carbocycles. The number of nitrogens with zero attached hydrogens (tertiary/aromatic N) is 3. The van der Waals surface area contributed by atoms with E-state index in [-0.39, 0.29) is 83.0 Å². The van der Waals surface area contributed by atoms with Crippen molar-refractivity contribution in [3.8, 4) is 0 Å². The summed E-state index contributed by atoms with van der Waals surface area (Å²) in [5.74, 6) is -9.80. The van der Waals surface area contributed by atoms with E-state index >= 15 is 0 Å². The first-order chi connectivity index (χ1) is 45.2. The minimum atomic E-state index is -1.64. The van der Waals surface area contributed by atoms with Gasteiger partial charge in [-0.25, -0.2) is 0 Å². The van der Waals surface area contributed by atoms with Crippen molar-refractivity contribution in [1.82, 2.24) is 52.3 Å². The minimum absolute atomic E-state index is 0.0736. The van der Waals surface area contributed by atoms with Crippen LogP contribution in [0.15, 0.2) is 65.7 Å². The van der Waals surface area contributed by atoms with E-state index in [1.54, 1.807) is 60.7 Å². The third-order valence-corrected chi connectivity index (χ3v) is 16.7. The molecule has 0 bridgehead atoms. The molecular formula is C63H98N18O13S. The summed E-state index contributed by atoms with van der Waals surface area (Å²) in [6.07, 6.45) is 3.12. The molecule has 2 aliphatic rings. The van der Waals surface area contributed by atoms with Gasteiger partial charge >= 0.3 is 0 Å². The van der Waals surface area contributed by atoms with Crippen LogP contribution in [0.1, 0.15) is 121 Å². The molecule has 13 amide bonds. The van der Waals surface area contributed by atoms with E-state index in [1.165, 1.54) is 21.6 Å². The number of hydrogen-bond acceptors (Lipinski definition) is 17. The van der Waals surface area contributed by atoms with Crippen LogP contribution in [0.5, 0.6) is 0 Å². The van der Waals surface area contributed by atoms with Gasteiger partial charge in [-0.2, -0.15) is 11.8 Å². The lowest BCUT2D eigenvalue weighted by Crippen LogP contribution is -2.60. The van der Waals surface area contributed by atoms with Gasteiger partial charge in [0, 0.05) is 45.3 Å². The number of guanidine groups is 1. The van der Waals surface area contributed by atoms with Crippen molar-refractivity contribution in [3.63, 3.8) is 0 Å². The SMILES string of the molecule is CSCC[C@H](NC(=O)[C@@H](CC(C)C)NC(=O)CNC(=O)[C@H](Cc1ccccc1)NC(=O)[C@@H](Cc1ccccc1)NC(=O)[C@H](CCC(N)=O)NC(=O)[C@@H](CCC(N)=O)NC(=O)[C@H]1CCCN1C(=O)[C@H](CCCCN)NC(=O)[C@H]1CCCN1C(=O)[C@@H](N)CCCN=C(N)N)C(N)=O. The van der Waals surface area contributed by atoms with Crippen LogP contribution >= 0.6 is 11.8 Å². The standard InChI is InChI=1S/C63H98N18O13S/c1-37(2)33-45(57(89)74-41(53(68)85)27-32-95-3)73-52(84)36-72-54(86)46(34-38-15-6-4-7-16-38)78-58(90)47(35-39-17-8-5-9-18-39)79-56(88)42(23-25-50(66)82)75-55(87)43(24-26-51(67)83)76-59(91)49-22-14-31-81(49)62(94)44(20-10-11-28-64)77-60(92)48-21-13-30-80(48)61(93)40(65)19-12-29-71-63(69)70/h4-9,15-18,37,40-49H,10-14,19-36,64-65H2,1-3H3,(H2,66,82)(H2,67,83)(H2,68,85)(H,72,86)(H,73,84)(H,74,89)(H,75,87)(H,76,91)(H,77,92)(H,78,90)(H,79,88)(H4,69,70,71)/t40-,41-,42-,43+,44-,45+,46-,47+,48+,49+/m0/s1. The maximum atomic E-state index is 14.7. The quantitative estimate of drug-likeness (QED) is 0.0173. The summed E-state index contributed by atoms with van der Waals surface area (Å²) in [6.45, 7) is 3.86. The van der Waals surface area contributed by atoms with E-state index in [0.29, 0.717) is 55.4 Å². The lowest BCUT2D eigenvalue weighted by Gasteiger charge is -2.32. The van der Waals surface area contributed by atoms with Crippen molar-refractivity contribution < 1.29 is 62.3 Å². The molecule has 0 unspecified atom stereocenters. The number of primary amides is 3. The molecule has 4 rings (SSSR count). The summed E-state index contributed by atoms with van der Waals surface area (Å²) in [7, 11) is 0. The number of aliphatic imine (C=N–C) groups is 1. The molecule has 95 heavy (non-hydrogen) atoms. The van der Waals surface area contributed by atoms with Crippen molar-refractivity contribution in [2.24, 2.45) is 51.0 Å². The number of amides is 13. The van der Waals surface area contributed by atoms with Crippen LogP contribution in [0.3, 0.4) is 0 Å². The monoisotopic (exact) mass is 1350 g/mol. The second-order valence-corrected chi connectivity index (χ2v) is 25.1. The first kappa shape index (κ1) is 78.5. The molecule has 2 aromatic carbocycles. The van der Waals surface area contributed by atoms with Gasteiger partial charge in [-0.15, -0.1) is 0 Å². The Balaban J connectivity index is 1.56. The molecule has 2 heterocycles. The van der Waals surface area contributed by atoms with Crippen LogP contribution in [0.4, 0.5) is 0 Å². The third kappa shape index (κ3) is 27.5. The third-order valence-electron chi connectivity index (χ3n) is 16.0. The van der Waals surface area contributed by atoms with Gasteiger partial charge in [-0.3, -0.25) is 67.3 Å². The van der Waals surface area contributed by atoms with E-state index < -0.39 is 169 Å². The van der Waals surface area contributed by atoms with Crippen molar-refractivity contribution in [2.75, 3.05) is 44.7 Å². The summed E-state index contributed by atoms with van der Waals surface area (Å²) in [5, 5.41) is 21.1. The van der Waals surface area contributed by atoms with Gasteiger partial charge in [-0.05, 0) is 119 Å². The summed E-state index contributed by atoms with van der Waals surface area (Å²) in [6, 6.07) is 4.51. The van der Waals surface area contributed by atoms with Gasteiger partial charge in [0.15, 0.2) is 5.96 Å². The van der Waals surface area contributed by atoms with Gasteiger partial charge in [0.2, 0.25) is 76.8 Å². The Kier molecular flexibility index (Phi) is 33.9. The van der Waals surface area contributed by atoms with Crippen LogP contribution in [-0.4, -0.2) is 198 Å². The highest BCUT2D eigenvalue weighted by Gasteiger charge is 2.42. The smallest absolute Gasteiger partial charge is 0.245 e. The number of benzene rings is 2. The van der Waals surface area contributed by atoms with E-state index in [2.05, 4.69) is 47.5 Å². The molecule has 10 atom stereocenters. The van der Waals surface area contributed by atoms with Crippen LogP contribution in [-0.2, 0) is 75.2 Å². The number of nitrogens with one attached hydrogen (secondary N) is 8. The Hall–Kier alpha value is -8.91. The van der Waals surface area contributed by atoms with Gasteiger partial charge in [-0.1, -0.05) is 74.5 Å². The van der Waals surface area contributed by atoms with Gasteiger partial charge in [0.1, 0.15) is 54.4 Å². The molecular weight excluding hydrogens is 1250 g/mol. The number of hydrogen-bond donors (Lipinski definition) is 15. The average molecular weight is 1350 g/mol. The maximum absolute atomic E-state index is 14.7. The summed E-state index contributed by atoms with van der Waals surface area (Å²) in [4.78, 5) is 185. The predicted octanol–water partition coefficient (Wildman–Crippen LogP) is -3.71. The number of carbonyl (C=O) groups excluding carboxylic acids is 13. The number of likely N-dealkylation sites (tertiary alicyclic amines) is 2. The molecule has 0 spiro atoms. The molecule has 22 N–H and O–H groups in total. The van der Waals surface area contributed by atoms with E-state index in [0.717, 1.165) is 0 Å². The first-order valence-corrected chi connectivity index (χ1v) is 33.6. The lowest BCUT2D eigenvalue weighted by molar-refractivity contribution is -0.144. The number of unbranched alkanes of at least 4 members (excludes halogenated alkanes) is 1. The summed E-state index contributed by atoms with van der Waals surface area (Å²) in [5.41, 5.74) is 40.6. The van der Waals surface area contributed by atoms with Crippen molar-refractivity contribution in [1.29, 1.82) is 0 Å². The van der Waals surface area contributed by atoms with E-state index in [9.17, 15) is 62.3 Å². The molecule has 0 radical (unpaired) electrons. The highest BCUT2D eigenvalue weighted by Crippen LogP contribution is 2.24. The lowest BCUT2D eigenvalue weighted by atomic mass is 10.0. The zero-order valence-electron chi connectivity index (χ0n) is 54.5. The van der Waals surface area contributed by atoms with Crippen LogP contribution in [0, 0.1) is 5.92 Å². The van der Waals surface area contributed by atoms with E-state index in [1.807, 2.05) is 20.1 Å². The summed E-state index contributed by atoms with van der Waals surface area (Å²) >= 11 is 1.45. The molecule has 31 nitrogen and oxygen atoms in total. The van der Waals surface area contributed by atoms with Crippen molar-refractivity contribution in [3.05, 3.63) is 71.8 Å². The second kappa shape index (κ2) is 41.0. The molecule has 32 heteroatoms. The normalized spacial score (nSPS) is 16.8. The van der Waals surface area contributed by atoms with Crippen LogP contribution < -0.4 is 82.7 Å². The Bertz CT molecular complexity index is 2960. The molecule has 524 valence electrons. The zero-order chi connectivity index (χ0) is 70.1. The van der Waals surface area contributed by atoms with Crippen LogP contribution in [0.2, 0.25) is 0 Å². The first-order valence-electron chi connectivity index (χ1n) is 32.2. The maximum Gasteiger partial charge on any atom is 0.245 e. The topological polar surface area (TPSA) is 519 Å². The van der Waals surface area contributed by atoms with Crippen molar-refractivity contribution in [2.45, 2.75) is 183 Å². The highest BCUT2D eigenvalue weighted by atomic mass is 32.2. The Morgan fingerprint density at radius 3 is 1.51 bits per heavy atom. The number of nitrogens with two attached hydrogens (primary N) is 7. The Morgan fingerprint density at radius 1 is 0.537 bits per heavy atom. The fourth-order valence-electron chi connectivity index (χ4n) is 11.0. The fraction of sp³-hybridized carbons (Fsp3) is 0.587. The Labute approximate surface area is 558 Å². The van der Waals surface area contributed by atoms with Crippen molar-refractivity contribution >= 4 is 94.5 Å². The number of carbonyl (C=O) groups is 13. The predicted molar refractivity (Wildman–Crippen MR) is 356 cm³/mol. The van der Waals surface area contributed by atoms with E-state index in [4.69, 9.17) is 40.1 Å². The summed E-state index contributed by atoms with van der Waals surface area (Å²) < 4.78 is 0. The molecule has 2 aromatic rings. The molecule has 2 fully saturated rings. The number of rotatable bonds is 42. The molecule has 0 aromatic heterocycles. The second-order valence-electron chi connectivity index (χ2n) is 24.1. The fourth-order valence-corrected chi connectivity index (χ4v) is 11.5. The number of thioether (sulfide) groups is 1. The van der Waals surface area contributed by atoms with Gasteiger partial charge < -0.3 is 92.5 Å². The van der Waals surface area contributed by atoms with Gasteiger partial charge in [0.25, 0.3) is 0 Å². The molecule has 0 aliphatic carbocycles. The zero-order valence-corrected chi connectivity index (χ0v) is 55.3. The largest absolute Gasteiger partial charge is 0.370 e. The van der Waals surface area contributed by atoms with Gasteiger partial charge in [0.05, 0.1) is 12.6 Å². The Morgan fingerprint density at radius 2 is 1.01 bits per heavy atom. The van der Waals surface area contributed by atoms with Crippen LogP contribution in [0.25, 0.3) is 0 Å².